The lowest BCUT2D eigenvalue weighted by atomic mass is 10.3. The Labute approximate surface area is 66.5 Å². The lowest BCUT2D eigenvalue weighted by Crippen LogP contribution is -2.48. The van der Waals surface area contributed by atoms with Gasteiger partial charge in [-0.1, -0.05) is 0 Å². The molecule has 1 rings (SSSR count). The van der Waals surface area contributed by atoms with E-state index in [2.05, 4.69) is 5.32 Å². The SMILES string of the molecule is COCCN1CCNCC1=O. The molecule has 0 aromatic carbocycles. The van der Waals surface area contributed by atoms with Gasteiger partial charge in [0.1, 0.15) is 0 Å². The monoisotopic (exact) mass is 158 g/mol. The number of ether oxygens (including phenoxy) is 1. The molecule has 1 N–H and O–H groups in total. The van der Waals surface area contributed by atoms with Gasteiger partial charge in [-0.3, -0.25) is 4.79 Å². The molecule has 1 aliphatic heterocycles. The van der Waals surface area contributed by atoms with Gasteiger partial charge in [-0.2, -0.15) is 0 Å². The number of piperazine rings is 1. The third-order valence-corrected chi connectivity index (χ3v) is 1.75. The third kappa shape index (κ3) is 2.48. The summed E-state index contributed by atoms with van der Waals surface area (Å²) in [6, 6.07) is 0. The summed E-state index contributed by atoms with van der Waals surface area (Å²) in [6.07, 6.45) is 0. The molecule has 4 heteroatoms. The van der Waals surface area contributed by atoms with Gasteiger partial charge < -0.3 is 15.0 Å². The van der Waals surface area contributed by atoms with E-state index in [1.54, 1.807) is 7.11 Å². The van der Waals surface area contributed by atoms with Crippen molar-refractivity contribution in [3.05, 3.63) is 0 Å². The van der Waals surface area contributed by atoms with E-state index >= 15 is 0 Å². The van der Waals surface area contributed by atoms with Gasteiger partial charge in [0.05, 0.1) is 13.2 Å². The molecule has 0 spiro atoms. The number of amides is 1. The fraction of sp³-hybridized carbons (Fsp3) is 0.857. The summed E-state index contributed by atoms with van der Waals surface area (Å²) in [5.41, 5.74) is 0. The average Bonchev–Trinajstić information content (AvgIpc) is 2.03. The zero-order chi connectivity index (χ0) is 8.10. The lowest BCUT2D eigenvalue weighted by Gasteiger charge is -2.26. The van der Waals surface area contributed by atoms with Gasteiger partial charge in [0.25, 0.3) is 0 Å². The van der Waals surface area contributed by atoms with Gasteiger partial charge in [0.2, 0.25) is 5.91 Å². The first kappa shape index (κ1) is 8.49. The number of hydrogen-bond donors (Lipinski definition) is 1. The highest BCUT2D eigenvalue weighted by molar-refractivity contribution is 5.78. The Morgan fingerprint density at radius 2 is 2.55 bits per heavy atom. The summed E-state index contributed by atoms with van der Waals surface area (Å²) in [6.45, 7) is 3.53. The van der Waals surface area contributed by atoms with Crippen molar-refractivity contribution in [3.8, 4) is 0 Å². The van der Waals surface area contributed by atoms with E-state index in [-0.39, 0.29) is 5.91 Å². The second-order valence-electron chi connectivity index (χ2n) is 2.55. The maximum Gasteiger partial charge on any atom is 0.236 e. The molecule has 1 heterocycles. The average molecular weight is 158 g/mol. The molecule has 0 bridgehead atoms. The maximum atomic E-state index is 11.1. The van der Waals surface area contributed by atoms with Crippen LogP contribution in [0.3, 0.4) is 0 Å². The number of nitrogens with one attached hydrogen (secondary N) is 1. The molecule has 0 aromatic rings. The second kappa shape index (κ2) is 4.31. The normalized spacial score (nSPS) is 19.0. The minimum Gasteiger partial charge on any atom is -0.383 e. The van der Waals surface area contributed by atoms with Crippen LogP contribution in [-0.4, -0.2) is 50.7 Å². The minimum atomic E-state index is 0.174. The molecule has 11 heavy (non-hydrogen) atoms. The standard InChI is InChI=1S/C7H14N2O2/c1-11-5-4-9-3-2-8-6-7(9)10/h8H,2-6H2,1H3. The first-order valence-electron chi connectivity index (χ1n) is 3.82. The highest BCUT2D eigenvalue weighted by atomic mass is 16.5. The highest BCUT2D eigenvalue weighted by Crippen LogP contribution is 1.92. The van der Waals surface area contributed by atoms with Crippen LogP contribution in [0.4, 0.5) is 0 Å². The second-order valence-corrected chi connectivity index (χ2v) is 2.55. The summed E-state index contributed by atoms with van der Waals surface area (Å²) < 4.78 is 4.88. The highest BCUT2D eigenvalue weighted by Gasteiger charge is 2.15. The number of carbonyl (C=O) groups is 1. The first-order chi connectivity index (χ1) is 5.34. The molecule has 0 aromatic heterocycles. The zero-order valence-electron chi connectivity index (χ0n) is 6.80. The van der Waals surface area contributed by atoms with Crippen LogP contribution in [0.25, 0.3) is 0 Å². The topological polar surface area (TPSA) is 41.6 Å². The van der Waals surface area contributed by atoms with Gasteiger partial charge >= 0.3 is 0 Å². The predicted octanol–water partition coefficient (Wildman–Crippen LogP) is -0.935. The van der Waals surface area contributed by atoms with Crippen molar-refractivity contribution in [2.75, 3.05) is 39.9 Å². The molecule has 0 saturated carbocycles. The van der Waals surface area contributed by atoms with Gasteiger partial charge in [0, 0.05) is 26.7 Å². The van der Waals surface area contributed by atoms with E-state index in [1.807, 2.05) is 4.90 Å². The minimum absolute atomic E-state index is 0.174. The van der Waals surface area contributed by atoms with Crippen LogP contribution in [-0.2, 0) is 9.53 Å². The quantitative estimate of drug-likeness (QED) is 0.576. The molecule has 1 amide bonds. The van der Waals surface area contributed by atoms with Crippen molar-refractivity contribution in [2.45, 2.75) is 0 Å². The number of rotatable bonds is 3. The van der Waals surface area contributed by atoms with Gasteiger partial charge in [-0.15, -0.1) is 0 Å². The van der Waals surface area contributed by atoms with Crippen molar-refractivity contribution < 1.29 is 9.53 Å². The molecule has 1 aliphatic rings. The van der Waals surface area contributed by atoms with E-state index in [0.717, 1.165) is 19.6 Å². The van der Waals surface area contributed by atoms with E-state index in [4.69, 9.17) is 4.74 Å². The molecule has 1 saturated heterocycles. The van der Waals surface area contributed by atoms with Gasteiger partial charge in [-0.05, 0) is 0 Å². The summed E-state index contributed by atoms with van der Waals surface area (Å²) in [5.74, 6) is 0.174. The summed E-state index contributed by atoms with van der Waals surface area (Å²) >= 11 is 0. The number of hydrogen-bond acceptors (Lipinski definition) is 3. The predicted molar refractivity (Wildman–Crippen MR) is 41.3 cm³/mol. The van der Waals surface area contributed by atoms with E-state index in [9.17, 15) is 4.79 Å². The Morgan fingerprint density at radius 3 is 3.18 bits per heavy atom. The molecule has 1 fully saturated rings. The molecular formula is C7H14N2O2. The first-order valence-corrected chi connectivity index (χ1v) is 3.82. The molecule has 4 nitrogen and oxygen atoms in total. The fourth-order valence-electron chi connectivity index (χ4n) is 1.08. The third-order valence-electron chi connectivity index (χ3n) is 1.75. The summed E-state index contributed by atoms with van der Waals surface area (Å²) in [5, 5.41) is 3.01. The van der Waals surface area contributed by atoms with Gasteiger partial charge in [-0.25, -0.2) is 0 Å². The van der Waals surface area contributed by atoms with Crippen LogP contribution >= 0.6 is 0 Å². The Kier molecular flexibility index (Phi) is 3.32. The van der Waals surface area contributed by atoms with E-state index < -0.39 is 0 Å². The van der Waals surface area contributed by atoms with E-state index in [1.165, 1.54) is 0 Å². The smallest absolute Gasteiger partial charge is 0.236 e. The fourth-order valence-corrected chi connectivity index (χ4v) is 1.08. The van der Waals surface area contributed by atoms with Crippen LogP contribution < -0.4 is 5.32 Å². The Balaban J connectivity index is 2.24. The van der Waals surface area contributed by atoms with Gasteiger partial charge in [0.15, 0.2) is 0 Å². The molecule has 0 unspecified atom stereocenters. The largest absolute Gasteiger partial charge is 0.383 e. The molecular weight excluding hydrogens is 144 g/mol. The molecule has 64 valence electrons. The molecule has 0 radical (unpaired) electrons. The maximum absolute atomic E-state index is 11.1. The number of methoxy groups -OCH3 is 1. The summed E-state index contributed by atoms with van der Waals surface area (Å²) in [7, 11) is 1.65. The van der Waals surface area contributed by atoms with Crippen molar-refractivity contribution in [1.29, 1.82) is 0 Å². The summed E-state index contributed by atoms with van der Waals surface area (Å²) in [4.78, 5) is 12.9. The van der Waals surface area contributed by atoms with Crippen molar-refractivity contribution in [3.63, 3.8) is 0 Å². The van der Waals surface area contributed by atoms with Crippen molar-refractivity contribution >= 4 is 5.91 Å². The molecule has 0 aliphatic carbocycles. The van der Waals surface area contributed by atoms with Crippen molar-refractivity contribution in [1.82, 2.24) is 10.2 Å². The Morgan fingerprint density at radius 1 is 1.73 bits per heavy atom. The van der Waals surface area contributed by atoms with E-state index in [0.29, 0.717) is 13.2 Å². The Hall–Kier alpha value is -0.610. The number of nitrogens with zero attached hydrogens (tertiary/aromatic N) is 1. The van der Waals surface area contributed by atoms with Crippen molar-refractivity contribution in [2.24, 2.45) is 0 Å². The number of carbonyl (C=O) groups excluding carboxylic acids is 1. The van der Waals surface area contributed by atoms with Crippen LogP contribution in [0.1, 0.15) is 0 Å². The van der Waals surface area contributed by atoms with Crippen LogP contribution in [0.5, 0.6) is 0 Å². The van der Waals surface area contributed by atoms with Crippen LogP contribution in [0, 0.1) is 0 Å². The van der Waals surface area contributed by atoms with Crippen LogP contribution in [0.2, 0.25) is 0 Å². The Bertz CT molecular complexity index is 138. The van der Waals surface area contributed by atoms with Crippen LogP contribution in [0.15, 0.2) is 0 Å². The lowest BCUT2D eigenvalue weighted by molar-refractivity contribution is -0.132. The zero-order valence-corrected chi connectivity index (χ0v) is 6.80. The molecule has 0 atom stereocenters.